The predicted octanol–water partition coefficient (Wildman–Crippen LogP) is 2.38. The van der Waals surface area contributed by atoms with E-state index < -0.39 is 0 Å². The van der Waals surface area contributed by atoms with Crippen LogP contribution in [0.3, 0.4) is 0 Å². The molecule has 0 saturated carbocycles. The largest absolute Gasteiger partial charge is 0.419 e. The van der Waals surface area contributed by atoms with Gasteiger partial charge in [0.25, 0.3) is 0 Å². The molecule has 2 rings (SSSR count). The van der Waals surface area contributed by atoms with Gasteiger partial charge in [-0.15, -0.1) is 10.2 Å². The minimum Gasteiger partial charge on any atom is -0.419 e. The molecule has 0 amide bonds. The van der Waals surface area contributed by atoms with Gasteiger partial charge in [0.1, 0.15) is 0 Å². The SMILES string of the molecule is CNCc1nnc(-c2c(C)cc(C)cc2C)o1. The first-order valence-electron chi connectivity index (χ1n) is 5.67. The molecule has 90 valence electrons. The van der Waals surface area contributed by atoms with E-state index in [0.717, 1.165) is 5.56 Å². The number of aryl methyl sites for hydroxylation is 3. The Kier molecular flexibility index (Phi) is 3.24. The van der Waals surface area contributed by atoms with Crippen molar-refractivity contribution in [1.82, 2.24) is 15.5 Å². The Morgan fingerprint density at radius 2 is 1.76 bits per heavy atom. The van der Waals surface area contributed by atoms with E-state index in [1.54, 1.807) is 0 Å². The number of nitrogens with zero attached hydrogens (tertiary/aromatic N) is 2. The number of rotatable bonds is 3. The molecular weight excluding hydrogens is 214 g/mol. The van der Waals surface area contributed by atoms with Crippen molar-refractivity contribution < 1.29 is 4.42 Å². The maximum absolute atomic E-state index is 5.63. The molecular formula is C13H17N3O. The molecule has 1 aromatic heterocycles. The van der Waals surface area contributed by atoms with E-state index in [0.29, 0.717) is 18.3 Å². The molecule has 0 bridgehead atoms. The normalized spacial score (nSPS) is 10.8. The molecule has 1 N–H and O–H groups in total. The monoisotopic (exact) mass is 231 g/mol. The maximum atomic E-state index is 5.63. The Balaban J connectivity index is 2.45. The number of hydrogen-bond donors (Lipinski definition) is 1. The summed E-state index contributed by atoms with van der Waals surface area (Å²) in [6, 6.07) is 4.26. The number of hydrogen-bond acceptors (Lipinski definition) is 4. The first kappa shape index (κ1) is 11.8. The molecule has 0 spiro atoms. The van der Waals surface area contributed by atoms with Crippen LogP contribution in [0.2, 0.25) is 0 Å². The van der Waals surface area contributed by atoms with E-state index in [2.05, 4.69) is 48.4 Å². The standard InChI is InChI=1S/C13H17N3O/c1-8-5-9(2)12(10(3)6-8)13-16-15-11(17-13)7-14-4/h5-6,14H,7H2,1-4H3. The van der Waals surface area contributed by atoms with Gasteiger partial charge < -0.3 is 9.73 Å². The van der Waals surface area contributed by atoms with Crippen LogP contribution in [0.5, 0.6) is 0 Å². The van der Waals surface area contributed by atoms with Crippen LogP contribution < -0.4 is 5.32 Å². The van der Waals surface area contributed by atoms with Gasteiger partial charge in [0.2, 0.25) is 11.8 Å². The highest BCUT2D eigenvalue weighted by Crippen LogP contribution is 2.27. The Hall–Kier alpha value is -1.68. The first-order chi connectivity index (χ1) is 8.11. The van der Waals surface area contributed by atoms with Crippen molar-refractivity contribution in [3.63, 3.8) is 0 Å². The Labute approximate surface area is 101 Å². The summed E-state index contributed by atoms with van der Waals surface area (Å²) in [5.74, 6) is 1.21. The van der Waals surface area contributed by atoms with Crippen molar-refractivity contribution in [2.45, 2.75) is 27.3 Å². The van der Waals surface area contributed by atoms with E-state index >= 15 is 0 Å². The third-order valence-electron chi connectivity index (χ3n) is 2.69. The van der Waals surface area contributed by atoms with E-state index in [-0.39, 0.29) is 0 Å². The van der Waals surface area contributed by atoms with Crippen LogP contribution in [-0.2, 0) is 6.54 Å². The lowest BCUT2D eigenvalue weighted by atomic mass is 10.00. The molecule has 1 heterocycles. The first-order valence-corrected chi connectivity index (χ1v) is 5.67. The molecule has 17 heavy (non-hydrogen) atoms. The molecule has 0 radical (unpaired) electrons. The molecule has 1 aromatic carbocycles. The Bertz CT molecular complexity index is 508. The van der Waals surface area contributed by atoms with E-state index in [1.807, 2.05) is 7.05 Å². The lowest BCUT2D eigenvalue weighted by Gasteiger charge is -2.06. The van der Waals surface area contributed by atoms with Crippen LogP contribution >= 0.6 is 0 Å². The van der Waals surface area contributed by atoms with Crippen molar-refractivity contribution in [3.8, 4) is 11.5 Å². The van der Waals surface area contributed by atoms with Crippen LogP contribution in [0.1, 0.15) is 22.6 Å². The number of aromatic nitrogens is 2. The van der Waals surface area contributed by atoms with Crippen LogP contribution in [0.4, 0.5) is 0 Å². The molecule has 0 unspecified atom stereocenters. The molecule has 2 aromatic rings. The zero-order valence-corrected chi connectivity index (χ0v) is 10.7. The number of nitrogens with one attached hydrogen (secondary N) is 1. The summed E-state index contributed by atoms with van der Waals surface area (Å²) in [7, 11) is 1.85. The minimum absolute atomic E-state index is 0.594. The fourth-order valence-electron chi connectivity index (χ4n) is 2.09. The van der Waals surface area contributed by atoms with Gasteiger partial charge in [0.05, 0.1) is 6.54 Å². The van der Waals surface area contributed by atoms with Crippen LogP contribution in [0.25, 0.3) is 11.5 Å². The molecule has 0 aliphatic heterocycles. The summed E-state index contributed by atoms with van der Waals surface area (Å²) in [6.07, 6.45) is 0. The van der Waals surface area contributed by atoms with Crippen molar-refractivity contribution in [2.24, 2.45) is 0 Å². The number of benzene rings is 1. The molecule has 0 aliphatic rings. The van der Waals surface area contributed by atoms with Gasteiger partial charge in [-0.05, 0) is 38.9 Å². The second-order valence-corrected chi connectivity index (χ2v) is 4.31. The summed E-state index contributed by atoms with van der Waals surface area (Å²) >= 11 is 0. The summed E-state index contributed by atoms with van der Waals surface area (Å²) in [4.78, 5) is 0. The van der Waals surface area contributed by atoms with E-state index in [4.69, 9.17) is 4.42 Å². The van der Waals surface area contributed by atoms with Crippen LogP contribution in [-0.4, -0.2) is 17.2 Å². The highest BCUT2D eigenvalue weighted by Gasteiger charge is 2.13. The predicted molar refractivity (Wildman–Crippen MR) is 66.7 cm³/mol. The topological polar surface area (TPSA) is 51.0 Å². The maximum Gasteiger partial charge on any atom is 0.248 e. The van der Waals surface area contributed by atoms with Gasteiger partial charge >= 0.3 is 0 Å². The average molecular weight is 231 g/mol. The minimum atomic E-state index is 0.594. The van der Waals surface area contributed by atoms with E-state index in [1.165, 1.54) is 16.7 Å². The third kappa shape index (κ3) is 2.36. The zero-order valence-electron chi connectivity index (χ0n) is 10.7. The van der Waals surface area contributed by atoms with Gasteiger partial charge in [-0.25, -0.2) is 0 Å². The average Bonchev–Trinajstić information content (AvgIpc) is 2.65. The van der Waals surface area contributed by atoms with Crippen molar-refractivity contribution in [2.75, 3.05) is 7.05 Å². The smallest absolute Gasteiger partial charge is 0.248 e. The fraction of sp³-hybridized carbons (Fsp3) is 0.385. The Morgan fingerprint density at radius 1 is 1.12 bits per heavy atom. The highest BCUT2D eigenvalue weighted by molar-refractivity contribution is 5.63. The second kappa shape index (κ2) is 4.67. The quantitative estimate of drug-likeness (QED) is 0.881. The second-order valence-electron chi connectivity index (χ2n) is 4.31. The van der Waals surface area contributed by atoms with Gasteiger partial charge in [0, 0.05) is 5.56 Å². The van der Waals surface area contributed by atoms with E-state index in [9.17, 15) is 0 Å². The van der Waals surface area contributed by atoms with Gasteiger partial charge in [0.15, 0.2) is 0 Å². The van der Waals surface area contributed by atoms with Gasteiger partial charge in [-0.1, -0.05) is 17.7 Å². The fourth-order valence-corrected chi connectivity index (χ4v) is 2.09. The lowest BCUT2D eigenvalue weighted by Crippen LogP contribution is -2.04. The van der Waals surface area contributed by atoms with Gasteiger partial charge in [-0.3, -0.25) is 0 Å². The van der Waals surface area contributed by atoms with Crippen LogP contribution in [0.15, 0.2) is 16.5 Å². The van der Waals surface area contributed by atoms with Crippen molar-refractivity contribution in [3.05, 3.63) is 34.7 Å². The summed E-state index contributed by atoms with van der Waals surface area (Å²) in [5, 5.41) is 11.1. The molecule has 0 aliphatic carbocycles. The molecule has 0 atom stereocenters. The zero-order chi connectivity index (χ0) is 12.4. The molecule has 0 saturated heterocycles. The van der Waals surface area contributed by atoms with Gasteiger partial charge in [-0.2, -0.15) is 0 Å². The summed E-state index contributed by atoms with van der Waals surface area (Å²) in [5.41, 5.74) is 4.63. The van der Waals surface area contributed by atoms with Crippen molar-refractivity contribution in [1.29, 1.82) is 0 Å². The Morgan fingerprint density at radius 3 is 2.35 bits per heavy atom. The molecule has 4 nitrogen and oxygen atoms in total. The van der Waals surface area contributed by atoms with Crippen molar-refractivity contribution >= 4 is 0 Å². The molecule has 4 heteroatoms. The third-order valence-corrected chi connectivity index (χ3v) is 2.69. The summed E-state index contributed by atoms with van der Waals surface area (Å²) < 4.78 is 5.63. The van der Waals surface area contributed by atoms with Crippen LogP contribution in [0, 0.1) is 20.8 Å². The lowest BCUT2D eigenvalue weighted by molar-refractivity contribution is 0.490. The summed E-state index contributed by atoms with van der Waals surface area (Å²) in [6.45, 7) is 6.82. The molecule has 0 fully saturated rings. The highest BCUT2D eigenvalue weighted by atomic mass is 16.4.